The summed E-state index contributed by atoms with van der Waals surface area (Å²) in [5.74, 6) is -3.41. The van der Waals surface area contributed by atoms with E-state index in [1.54, 1.807) is 12.1 Å². The number of anilines is 1. The quantitative estimate of drug-likeness (QED) is 0.690. The standard InChI is InChI=1S/C20H20F2N2O2S/c21-20(22)27(25,26)16-10-8-15(9-11-16)24-12-4-3-7-19(24)18-13-14-5-1-2-6-17(14)23-18/h1-2,5-6,8-11,13,19-20,23H,3-4,7,12H2. The van der Waals surface area contributed by atoms with Crippen LogP contribution in [-0.2, 0) is 9.84 Å². The number of para-hydroxylation sites is 1. The highest BCUT2D eigenvalue weighted by Crippen LogP contribution is 2.36. The van der Waals surface area contributed by atoms with Crippen molar-refractivity contribution in [2.45, 2.75) is 36.0 Å². The van der Waals surface area contributed by atoms with E-state index >= 15 is 0 Å². The SMILES string of the molecule is O=S(=O)(c1ccc(N2CCCCC2c2cc3ccccc3[nH]2)cc1)C(F)F. The van der Waals surface area contributed by atoms with Crippen molar-refractivity contribution in [3.8, 4) is 0 Å². The fourth-order valence-corrected chi connectivity index (χ4v) is 4.49. The van der Waals surface area contributed by atoms with Gasteiger partial charge in [-0.2, -0.15) is 8.78 Å². The van der Waals surface area contributed by atoms with Gasteiger partial charge in [0.05, 0.1) is 10.9 Å². The van der Waals surface area contributed by atoms with E-state index in [1.165, 1.54) is 12.1 Å². The molecular formula is C20H20F2N2O2S. The molecule has 1 saturated heterocycles. The third-order valence-electron chi connectivity index (χ3n) is 5.14. The zero-order valence-corrected chi connectivity index (χ0v) is 15.4. The lowest BCUT2D eigenvalue weighted by atomic mass is 9.98. The van der Waals surface area contributed by atoms with Gasteiger partial charge in [0.1, 0.15) is 0 Å². The Bertz CT molecular complexity index is 1010. The number of benzene rings is 2. The molecule has 0 saturated carbocycles. The van der Waals surface area contributed by atoms with Gasteiger partial charge >= 0.3 is 5.76 Å². The van der Waals surface area contributed by atoms with Gasteiger partial charge in [0, 0.05) is 23.4 Å². The second-order valence-corrected chi connectivity index (χ2v) is 8.73. The van der Waals surface area contributed by atoms with E-state index in [2.05, 4.69) is 22.0 Å². The lowest BCUT2D eigenvalue weighted by molar-refractivity contribution is 0.234. The van der Waals surface area contributed by atoms with E-state index in [-0.39, 0.29) is 10.9 Å². The number of H-pyrrole nitrogens is 1. The minimum atomic E-state index is -4.57. The number of alkyl halides is 2. The minimum absolute atomic E-state index is 0.142. The van der Waals surface area contributed by atoms with Gasteiger partial charge in [-0.25, -0.2) is 8.42 Å². The lowest BCUT2D eigenvalue weighted by Crippen LogP contribution is -2.33. The number of nitrogens with zero attached hydrogens (tertiary/aromatic N) is 1. The smallest absolute Gasteiger partial charge is 0.341 e. The van der Waals surface area contributed by atoms with Crippen LogP contribution in [0.3, 0.4) is 0 Å². The minimum Gasteiger partial charge on any atom is -0.363 e. The second kappa shape index (κ2) is 6.96. The van der Waals surface area contributed by atoms with Crippen LogP contribution in [0.5, 0.6) is 0 Å². The Balaban J connectivity index is 1.66. The molecule has 4 rings (SSSR count). The molecule has 1 atom stereocenters. The number of hydrogen-bond acceptors (Lipinski definition) is 3. The number of rotatable bonds is 4. The van der Waals surface area contributed by atoms with Gasteiger partial charge < -0.3 is 9.88 Å². The first kappa shape index (κ1) is 18.0. The van der Waals surface area contributed by atoms with Crippen LogP contribution < -0.4 is 4.90 Å². The van der Waals surface area contributed by atoms with Gasteiger partial charge in [0.2, 0.25) is 9.84 Å². The molecular weight excluding hydrogens is 370 g/mol. The number of piperidine rings is 1. The average Bonchev–Trinajstić information content (AvgIpc) is 3.12. The molecule has 7 heteroatoms. The summed E-state index contributed by atoms with van der Waals surface area (Å²) in [6.45, 7) is 0.834. The number of sulfone groups is 1. The molecule has 0 spiro atoms. The number of aromatic nitrogens is 1. The van der Waals surface area contributed by atoms with Crippen molar-refractivity contribution in [1.82, 2.24) is 4.98 Å². The predicted octanol–water partition coefficient (Wildman–Crippen LogP) is 4.90. The van der Waals surface area contributed by atoms with Crippen molar-refractivity contribution in [1.29, 1.82) is 0 Å². The average molecular weight is 390 g/mol. The summed E-state index contributed by atoms with van der Waals surface area (Å²) in [5.41, 5.74) is 3.03. The monoisotopic (exact) mass is 390 g/mol. The Morgan fingerprint density at radius 3 is 2.48 bits per heavy atom. The number of nitrogens with one attached hydrogen (secondary N) is 1. The fraction of sp³-hybridized carbons (Fsp3) is 0.300. The van der Waals surface area contributed by atoms with E-state index in [9.17, 15) is 17.2 Å². The van der Waals surface area contributed by atoms with Crippen LogP contribution >= 0.6 is 0 Å². The number of halogens is 2. The van der Waals surface area contributed by atoms with Gasteiger partial charge in [0.15, 0.2) is 0 Å². The molecule has 0 aliphatic carbocycles. The third-order valence-corrected chi connectivity index (χ3v) is 6.54. The molecule has 2 heterocycles. The summed E-state index contributed by atoms with van der Waals surface area (Å²) in [6, 6.07) is 16.2. The molecule has 1 unspecified atom stereocenters. The van der Waals surface area contributed by atoms with Crippen molar-refractivity contribution in [2.75, 3.05) is 11.4 Å². The maximum Gasteiger partial charge on any atom is 0.341 e. The first-order chi connectivity index (χ1) is 13.0. The molecule has 0 amide bonds. The van der Waals surface area contributed by atoms with Crippen LogP contribution in [0.4, 0.5) is 14.5 Å². The van der Waals surface area contributed by atoms with Crippen molar-refractivity contribution >= 4 is 26.4 Å². The topological polar surface area (TPSA) is 53.2 Å². The van der Waals surface area contributed by atoms with E-state index in [0.29, 0.717) is 0 Å². The summed E-state index contributed by atoms with van der Waals surface area (Å²) in [6.07, 6.45) is 3.12. The van der Waals surface area contributed by atoms with Crippen LogP contribution in [0.25, 0.3) is 10.9 Å². The zero-order chi connectivity index (χ0) is 19.0. The molecule has 3 aromatic rings. The molecule has 0 bridgehead atoms. The van der Waals surface area contributed by atoms with Crippen molar-refractivity contribution in [3.63, 3.8) is 0 Å². The number of aromatic amines is 1. The van der Waals surface area contributed by atoms with Gasteiger partial charge in [0.25, 0.3) is 0 Å². The highest BCUT2D eigenvalue weighted by atomic mass is 32.2. The molecule has 2 aromatic carbocycles. The zero-order valence-electron chi connectivity index (χ0n) is 14.6. The number of hydrogen-bond donors (Lipinski definition) is 1. The van der Waals surface area contributed by atoms with E-state index < -0.39 is 15.6 Å². The largest absolute Gasteiger partial charge is 0.363 e. The third kappa shape index (κ3) is 3.32. The van der Waals surface area contributed by atoms with Gasteiger partial charge in [-0.15, -0.1) is 0 Å². The van der Waals surface area contributed by atoms with Gasteiger partial charge in [-0.1, -0.05) is 18.2 Å². The summed E-state index contributed by atoms with van der Waals surface area (Å²) >= 11 is 0. The molecule has 27 heavy (non-hydrogen) atoms. The molecule has 1 aromatic heterocycles. The summed E-state index contributed by atoms with van der Waals surface area (Å²) in [5, 5.41) is 1.15. The lowest BCUT2D eigenvalue weighted by Gasteiger charge is -2.37. The van der Waals surface area contributed by atoms with Crippen LogP contribution in [0.2, 0.25) is 0 Å². The van der Waals surface area contributed by atoms with Gasteiger partial charge in [-0.05, 0) is 61.0 Å². The molecule has 1 aliphatic heterocycles. The van der Waals surface area contributed by atoms with Crippen molar-refractivity contribution in [3.05, 3.63) is 60.3 Å². The predicted molar refractivity (Wildman–Crippen MR) is 102 cm³/mol. The highest BCUT2D eigenvalue weighted by Gasteiger charge is 2.28. The van der Waals surface area contributed by atoms with Crippen LogP contribution in [-0.4, -0.2) is 25.7 Å². The van der Waals surface area contributed by atoms with Crippen LogP contribution in [0.15, 0.2) is 59.5 Å². The molecule has 0 radical (unpaired) electrons. The fourth-order valence-electron chi connectivity index (χ4n) is 3.77. The van der Waals surface area contributed by atoms with Gasteiger partial charge in [-0.3, -0.25) is 0 Å². The van der Waals surface area contributed by atoms with Crippen LogP contribution in [0.1, 0.15) is 31.0 Å². The molecule has 1 N–H and O–H groups in total. The Morgan fingerprint density at radius 2 is 1.78 bits per heavy atom. The normalized spacial score (nSPS) is 18.3. The Morgan fingerprint density at radius 1 is 1.04 bits per heavy atom. The first-order valence-electron chi connectivity index (χ1n) is 8.93. The Kier molecular flexibility index (Phi) is 4.63. The maximum absolute atomic E-state index is 12.7. The number of fused-ring (bicyclic) bond motifs is 1. The Hall–Kier alpha value is -2.41. The Labute approximate surface area is 156 Å². The summed E-state index contributed by atoms with van der Waals surface area (Å²) < 4.78 is 48.7. The molecule has 4 nitrogen and oxygen atoms in total. The second-order valence-electron chi connectivity index (χ2n) is 6.82. The summed E-state index contributed by atoms with van der Waals surface area (Å²) in [4.78, 5) is 5.35. The van der Waals surface area contributed by atoms with E-state index in [4.69, 9.17) is 0 Å². The van der Waals surface area contributed by atoms with E-state index in [0.717, 1.165) is 48.1 Å². The van der Waals surface area contributed by atoms with Crippen molar-refractivity contribution in [2.24, 2.45) is 0 Å². The van der Waals surface area contributed by atoms with Crippen molar-refractivity contribution < 1.29 is 17.2 Å². The molecule has 1 aliphatic rings. The summed E-state index contributed by atoms with van der Waals surface area (Å²) in [7, 11) is -4.57. The molecule has 1 fully saturated rings. The molecule has 142 valence electrons. The highest BCUT2D eigenvalue weighted by molar-refractivity contribution is 7.91. The first-order valence-corrected chi connectivity index (χ1v) is 10.5. The van der Waals surface area contributed by atoms with E-state index in [1.807, 2.05) is 18.2 Å². The van der Waals surface area contributed by atoms with Crippen LogP contribution in [0, 0.1) is 0 Å². The maximum atomic E-state index is 12.7.